The van der Waals surface area contributed by atoms with E-state index in [1.54, 1.807) is 6.07 Å². The van der Waals surface area contributed by atoms with Crippen LogP contribution >= 0.6 is 0 Å². The third-order valence-corrected chi connectivity index (χ3v) is 3.85. The quantitative estimate of drug-likeness (QED) is 0.803. The number of anilines is 1. The van der Waals surface area contributed by atoms with Gasteiger partial charge in [-0.25, -0.2) is 4.98 Å². The lowest BCUT2D eigenvalue weighted by atomic mass is 10.0. The van der Waals surface area contributed by atoms with Crippen molar-refractivity contribution in [3.05, 3.63) is 23.9 Å². The molecule has 0 aromatic carbocycles. The highest BCUT2D eigenvalue weighted by molar-refractivity contribution is 5.92. The molecule has 0 radical (unpaired) electrons. The summed E-state index contributed by atoms with van der Waals surface area (Å²) >= 11 is 0. The Balaban J connectivity index is 1.78. The van der Waals surface area contributed by atoms with Crippen LogP contribution in [0, 0.1) is 5.92 Å². The fraction of sp³-hybridized carbons (Fsp3) is 0.625. The Morgan fingerprint density at radius 1 is 1.30 bits per heavy atom. The molecule has 1 fully saturated rings. The first-order chi connectivity index (χ1) is 9.79. The van der Waals surface area contributed by atoms with E-state index in [0.717, 1.165) is 37.7 Å². The van der Waals surface area contributed by atoms with E-state index in [0.29, 0.717) is 5.69 Å². The van der Waals surface area contributed by atoms with Crippen molar-refractivity contribution >= 4 is 11.7 Å². The Morgan fingerprint density at radius 3 is 2.85 bits per heavy atom. The van der Waals surface area contributed by atoms with E-state index in [9.17, 15) is 4.79 Å². The van der Waals surface area contributed by atoms with Gasteiger partial charge in [0.15, 0.2) is 0 Å². The number of nitrogens with zero attached hydrogens (tertiary/aromatic N) is 1. The van der Waals surface area contributed by atoms with Gasteiger partial charge < -0.3 is 10.6 Å². The summed E-state index contributed by atoms with van der Waals surface area (Å²) < 4.78 is 0. The van der Waals surface area contributed by atoms with Crippen LogP contribution < -0.4 is 10.6 Å². The Kier molecular flexibility index (Phi) is 5.84. The molecule has 1 aliphatic carbocycles. The van der Waals surface area contributed by atoms with Crippen molar-refractivity contribution in [2.45, 2.75) is 45.4 Å². The van der Waals surface area contributed by atoms with Gasteiger partial charge in [-0.05, 0) is 30.9 Å². The average molecular weight is 275 g/mol. The molecule has 1 aliphatic rings. The van der Waals surface area contributed by atoms with Gasteiger partial charge in [-0.2, -0.15) is 0 Å². The fourth-order valence-electron chi connectivity index (χ4n) is 2.69. The smallest absolute Gasteiger partial charge is 0.269 e. The van der Waals surface area contributed by atoms with Crippen molar-refractivity contribution in [2.75, 3.05) is 18.4 Å². The summed E-state index contributed by atoms with van der Waals surface area (Å²) in [5, 5.41) is 6.18. The van der Waals surface area contributed by atoms with Gasteiger partial charge in [0.05, 0.1) is 0 Å². The van der Waals surface area contributed by atoms with E-state index < -0.39 is 0 Å². The zero-order chi connectivity index (χ0) is 14.2. The molecular weight excluding hydrogens is 250 g/mol. The Bertz CT molecular complexity index is 427. The van der Waals surface area contributed by atoms with E-state index in [4.69, 9.17) is 0 Å². The SMILES string of the molecule is CCCNc1cccc(C(=O)NCCC2CCCC2)n1. The first-order valence-electron chi connectivity index (χ1n) is 7.78. The molecule has 1 saturated carbocycles. The minimum absolute atomic E-state index is 0.0665. The van der Waals surface area contributed by atoms with Crippen LogP contribution in [0.1, 0.15) is 55.9 Å². The second-order valence-corrected chi connectivity index (χ2v) is 5.53. The number of aromatic nitrogens is 1. The van der Waals surface area contributed by atoms with E-state index in [1.165, 1.54) is 25.7 Å². The predicted octanol–water partition coefficient (Wildman–Crippen LogP) is 3.21. The molecule has 1 heterocycles. The number of pyridine rings is 1. The molecule has 0 atom stereocenters. The number of carbonyl (C=O) groups is 1. The maximum atomic E-state index is 12.0. The molecule has 0 aliphatic heterocycles. The monoisotopic (exact) mass is 275 g/mol. The number of hydrogen-bond acceptors (Lipinski definition) is 3. The maximum absolute atomic E-state index is 12.0. The van der Waals surface area contributed by atoms with Crippen molar-refractivity contribution in [1.29, 1.82) is 0 Å². The molecule has 2 rings (SSSR count). The van der Waals surface area contributed by atoms with E-state index in [2.05, 4.69) is 22.5 Å². The van der Waals surface area contributed by atoms with Gasteiger partial charge in [-0.1, -0.05) is 38.7 Å². The van der Waals surface area contributed by atoms with E-state index in [1.807, 2.05) is 12.1 Å². The molecule has 20 heavy (non-hydrogen) atoms. The van der Waals surface area contributed by atoms with Crippen molar-refractivity contribution in [3.8, 4) is 0 Å². The minimum Gasteiger partial charge on any atom is -0.370 e. The standard InChI is InChI=1S/C16H25N3O/c1-2-11-17-15-9-5-8-14(19-15)16(20)18-12-10-13-6-3-4-7-13/h5,8-9,13H,2-4,6-7,10-12H2,1H3,(H,17,19)(H,18,20). The van der Waals surface area contributed by atoms with Gasteiger partial charge in [-0.3, -0.25) is 4.79 Å². The molecule has 1 amide bonds. The van der Waals surface area contributed by atoms with E-state index >= 15 is 0 Å². The Morgan fingerprint density at radius 2 is 2.10 bits per heavy atom. The molecular formula is C16H25N3O. The lowest BCUT2D eigenvalue weighted by Gasteiger charge is -2.10. The molecule has 0 unspecified atom stereocenters. The molecule has 0 saturated heterocycles. The zero-order valence-corrected chi connectivity index (χ0v) is 12.3. The summed E-state index contributed by atoms with van der Waals surface area (Å²) in [7, 11) is 0. The number of amides is 1. The highest BCUT2D eigenvalue weighted by atomic mass is 16.1. The molecule has 1 aromatic heterocycles. The topological polar surface area (TPSA) is 54.0 Å². The van der Waals surface area contributed by atoms with Crippen LogP contribution in [0.3, 0.4) is 0 Å². The third kappa shape index (κ3) is 4.51. The highest BCUT2D eigenvalue weighted by Gasteiger charge is 2.15. The summed E-state index contributed by atoms with van der Waals surface area (Å²) in [5.41, 5.74) is 0.498. The van der Waals surface area contributed by atoms with Crippen LogP contribution in [0.4, 0.5) is 5.82 Å². The van der Waals surface area contributed by atoms with Crippen LogP contribution in [0.25, 0.3) is 0 Å². The first-order valence-corrected chi connectivity index (χ1v) is 7.78. The molecule has 110 valence electrons. The Labute approximate surface area is 121 Å². The van der Waals surface area contributed by atoms with Crippen LogP contribution in [0.15, 0.2) is 18.2 Å². The normalized spacial score (nSPS) is 15.2. The van der Waals surface area contributed by atoms with Gasteiger partial charge in [0.2, 0.25) is 0 Å². The van der Waals surface area contributed by atoms with Crippen molar-refractivity contribution in [2.24, 2.45) is 5.92 Å². The number of rotatable bonds is 7. The predicted molar refractivity (Wildman–Crippen MR) is 81.9 cm³/mol. The summed E-state index contributed by atoms with van der Waals surface area (Å²) in [5.74, 6) is 1.51. The zero-order valence-electron chi connectivity index (χ0n) is 12.3. The maximum Gasteiger partial charge on any atom is 0.269 e. The fourth-order valence-corrected chi connectivity index (χ4v) is 2.69. The molecule has 2 N–H and O–H groups in total. The lowest BCUT2D eigenvalue weighted by molar-refractivity contribution is 0.0946. The van der Waals surface area contributed by atoms with Crippen molar-refractivity contribution in [1.82, 2.24) is 10.3 Å². The second kappa shape index (κ2) is 7.88. The van der Waals surface area contributed by atoms with Crippen LogP contribution in [0.2, 0.25) is 0 Å². The van der Waals surface area contributed by atoms with Gasteiger partial charge in [-0.15, -0.1) is 0 Å². The minimum atomic E-state index is -0.0665. The van der Waals surface area contributed by atoms with Crippen molar-refractivity contribution in [3.63, 3.8) is 0 Å². The van der Waals surface area contributed by atoms with Gasteiger partial charge in [0.1, 0.15) is 11.5 Å². The molecule has 4 nitrogen and oxygen atoms in total. The first kappa shape index (κ1) is 14.8. The van der Waals surface area contributed by atoms with Gasteiger partial charge >= 0.3 is 0 Å². The molecule has 1 aromatic rings. The molecule has 0 bridgehead atoms. The molecule has 0 spiro atoms. The lowest BCUT2D eigenvalue weighted by Crippen LogP contribution is -2.26. The number of carbonyl (C=O) groups excluding carboxylic acids is 1. The summed E-state index contributed by atoms with van der Waals surface area (Å²) in [4.78, 5) is 16.4. The van der Waals surface area contributed by atoms with Crippen LogP contribution in [0.5, 0.6) is 0 Å². The van der Waals surface area contributed by atoms with E-state index in [-0.39, 0.29) is 5.91 Å². The van der Waals surface area contributed by atoms with Crippen LogP contribution in [-0.4, -0.2) is 24.0 Å². The van der Waals surface area contributed by atoms with Crippen LogP contribution in [-0.2, 0) is 0 Å². The average Bonchev–Trinajstić information content (AvgIpc) is 2.98. The van der Waals surface area contributed by atoms with Gasteiger partial charge in [0.25, 0.3) is 5.91 Å². The number of hydrogen-bond donors (Lipinski definition) is 2. The third-order valence-electron chi connectivity index (χ3n) is 3.85. The Hall–Kier alpha value is -1.58. The van der Waals surface area contributed by atoms with Gasteiger partial charge in [0, 0.05) is 13.1 Å². The second-order valence-electron chi connectivity index (χ2n) is 5.53. The van der Waals surface area contributed by atoms with Crippen molar-refractivity contribution < 1.29 is 4.79 Å². The summed E-state index contributed by atoms with van der Waals surface area (Å²) in [6.07, 6.45) is 7.49. The molecule has 4 heteroatoms. The highest BCUT2D eigenvalue weighted by Crippen LogP contribution is 2.26. The largest absolute Gasteiger partial charge is 0.370 e. The summed E-state index contributed by atoms with van der Waals surface area (Å²) in [6.45, 7) is 3.74. The number of nitrogens with one attached hydrogen (secondary N) is 2. The summed E-state index contributed by atoms with van der Waals surface area (Å²) in [6, 6.07) is 5.53.